The lowest BCUT2D eigenvalue weighted by molar-refractivity contribution is -0.696. The molecule has 2 heteroatoms. The summed E-state index contributed by atoms with van der Waals surface area (Å²) in [7, 11) is 2.15. The van der Waals surface area contributed by atoms with Crippen LogP contribution in [0.5, 0.6) is 0 Å². The van der Waals surface area contributed by atoms with Gasteiger partial charge in [-0.2, -0.15) is 0 Å². The Morgan fingerprint density at radius 1 is 1.13 bits per heavy atom. The molecule has 0 spiro atoms. The molecule has 1 rings (SSSR count). The van der Waals surface area contributed by atoms with Gasteiger partial charge in [-0.05, 0) is 12.8 Å². The van der Waals surface area contributed by atoms with Crippen molar-refractivity contribution in [2.75, 3.05) is 0 Å². The second-order valence-corrected chi connectivity index (χ2v) is 4.40. The highest BCUT2D eigenvalue weighted by atomic mass is 15.1. The summed E-state index contributed by atoms with van der Waals surface area (Å²) < 4.78 is 4.57. The molecule has 0 amide bonds. The van der Waals surface area contributed by atoms with Crippen molar-refractivity contribution in [3.8, 4) is 0 Å². The smallest absolute Gasteiger partial charge is 0.237 e. The predicted molar refractivity (Wildman–Crippen MR) is 63.7 cm³/mol. The molecule has 0 unspecified atom stereocenters. The van der Waals surface area contributed by atoms with E-state index in [1.807, 2.05) is 0 Å². The van der Waals surface area contributed by atoms with Gasteiger partial charge in [0, 0.05) is 6.42 Å². The van der Waals surface area contributed by atoms with Crippen molar-refractivity contribution in [1.29, 1.82) is 0 Å². The summed E-state index contributed by atoms with van der Waals surface area (Å²) >= 11 is 0. The number of rotatable bonds is 7. The molecule has 86 valence electrons. The van der Waals surface area contributed by atoms with E-state index in [0.717, 1.165) is 6.54 Å². The Bertz CT molecular complexity index is 276. The summed E-state index contributed by atoms with van der Waals surface area (Å²) in [4.78, 5) is 0. The van der Waals surface area contributed by atoms with Crippen LogP contribution in [0.25, 0.3) is 0 Å². The zero-order chi connectivity index (χ0) is 11.1. The number of hydrogen-bond acceptors (Lipinski definition) is 0. The van der Waals surface area contributed by atoms with E-state index in [1.165, 1.54) is 44.2 Å². The molecule has 0 aliphatic carbocycles. The van der Waals surface area contributed by atoms with Gasteiger partial charge in [-0.25, -0.2) is 9.13 Å². The summed E-state index contributed by atoms with van der Waals surface area (Å²) in [6, 6.07) is 0. The lowest BCUT2D eigenvalue weighted by Gasteiger charge is -1.96. The molecule has 0 N–H and O–H groups in total. The summed E-state index contributed by atoms with van der Waals surface area (Å²) in [5.41, 5.74) is 1.47. The molecule has 0 aromatic carbocycles. The van der Waals surface area contributed by atoms with Crippen LogP contribution in [0, 0.1) is 0 Å². The summed E-state index contributed by atoms with van der Waals surface area (Å²) in [5.74, 6) is 0. The van der Waals surface area contributed by atoms with E-state index in [9.17, 15) is 0 Å². The van der Waals surface area contributed by atoms with Gasteiger partial charge >= 0.3 is 0 Å². The van der Waals surface area contributed by atoms with E-state index in [1.54, 1.807) is 0 Å². The minimum atomic E-state index is 1.14. The number of aryl methyl sites for hydroxylation is 3. The normalized spacial score (nSPS) is 10.9. The van der Waals surface area contributed by atoms with Crippen molar-refractivity contribution in [2.45, 2.75) is 58.9 Å². The first-order valence-electron chi connectivity index (χ1n) is 6.32. The first-order valence-corrected chi connectivity index (χ1v) is 6.32. The Balaban J connectivity index is 2.39. The molecule has 0 saturated heterocycles. The van der Waals surface area contributed by atoms with Gasteiger partial charge in [0.05, 0.1) is 13.6 Å². The molecule has 0 bridgehead atoms. The largest absolute Gasteiger partial charge is 0.243 e. The highest BCUT2D eigenvalue weighted by Crippen LogP contribution is 2.05. The number of unbranched alkanes of at least 4 members (excludes halogenated alkanes) is 3. The average molecular weight is 209 g/mol. The van der Waals surface area contributed by atoms with Crippen molar-refractivity contribution in [3.63, 3.8) is 0 Å². The minimum Gasteiger partial charge on any atom is -0.237 e. The standard InChI is InChI=1S/C13H25N2/c1-4-6-7-8-9-13-11-15(10-5-2)12-14(13)3/h11-12H,4-10H2,1-3H3/q+1. The third kappa shape index (κ3) is 4.06. The Hall–Kier alpha value is -0.790. The minimum absolute atomic E-state index is 1.14. The number of nitrogens with zero attached hydrogens (tertiary/aromatic N) is 2. The van der Waals surface area contributed by atoms with Crippen LogP contribution in [0.15, 0.2) is 12.5 Å². The van der Waals surface area contributed by atoms with Gasteiger partial charge in [0.15, 0.2) is 0 Å². The fourth-order valence-electron chi connectivity index (χ4n) is 1.97. The quantitative estimate of drug-likeness (QED) is 0.482. The number of imidazole rings is 1. The van der Waals surface area contributed by atoms with Crippen molar-refractivity contribution in [3.05, 3.63) is 18.2 Å². The summed E-state index contributed by atoms with van der Waals surface area (Å²) in [5, 5.41) is 0. The van der Waals surface area contributed by atoms with Crippen molar-refractivity contribution >= 4 is 0 Å². The van der Waals surface area contributed by atoms with E-state index < -0.39 is 0 Å². The molecule has 0 aliphatic rings. The summed E-state index contributed by atoms with van der Waals surface area (Å²) in [6.07, 6.45) is 12.3. The Morgan fingerprint density at radius 3 is 2.60 bits per heavy atom. The lowest BCUT2D eigenvalue weighted by Crippen LogP contribution is -2.30. The van der Waals surface area contributed by atoms with Crippen LogP contribution in [0.4, 0.5) is 0 Å². The van der Waals surface area contributed by atoms with Crippen LogP contribution < -0.4 is 4.57 Å². The van der Waals surface area contributed by atoms with Crippen molar-refractivity contribution in [1.82, 2.24) is 4.57 Å². The molecule has 0 radical (unpaired) electrons. The van der Waals surface area contributed by atoms with Gasteiger partial charge in [0.25, 0.3) is 0 Å². The second kappa shape index (κ2) is 6.65. The molecule has 0 saturated carbocycles. The third-order valence-electron chi connectivity index (χ3n) is 2.86. The molecule has 15 heavy (non-hydrogen) atoms. The van der Waals surface area contributed by atoms with E-state index >= 15 is 0 Å². The van der Waals surface area contributed by atoms with Gasteiger partial charge in [0.2, 0.25) is 6.33 Å². The van der Waals surface area contributed by atoms with Crippen LogP contribution in [-0.2, 0) is 20.0 Å². The fraction of sp³-hybridized carbons (Fsp3) is 0.769. The number of hydrogen-bond donors (Lipinski definition) is 0. The third-order valence-corrected chi connectivity index (χ3v) is 2.86. The molecular weight excluding hydrogens is 184 g/mol. The van der Waals surface area contributed by atoms with Crippen molar-refractivity contribution < 1.29 is 4.57 Å². The van der Waals surface area contributed by atoms with Crippen LogP contribution in [-0.4, -0.2) is 4.57 Å². The zero-order valence-electron chi connectivity index (χ0n) is 10.5. The van der Waals surface area contributed by atoms with Gasteiger partial charge in [0.1, 0.15) is 11.9 Å². The summed E-state index contributed by atoms with van der Waals surface area (Å²) in [6.45, 7) is 5.63. The maximum absolute atomic E-state index is 2.30. The van der Waals surface area contributed by atoms with E-state index in [0.29, 0.717) is 0 Å². The Kier molecular flexibility index (Phi) is 5.44. The highest BCUT2D eigenvalue weighted by molar-refractivity contribution is 4.92. The lowest BCUT2D eigenvalue weighted by atomic mass is 10.1. The molecule has 0 atom stereocenters. The first kappa shape index (κ1) is 12.3. The van der Waals surface area contributed by atoms with E-state index in [4.69, 9.17) is 0 Å². The Labute approximate surface area is 93.9 Å². The maximum atomic E-state index is 2.30. The molecule has 2 nitrogen and oxygen atoms in total. The molecule has 0 fully saturated rings. The molecule has 1 aromatic rings. The van der Waals surface area contributed by atoms with Crippen LogP contribution in [0.1, 0.15) is 51.6 Å². The van der Waals surface area contributed by atoms with Gasteiger partial charge in [-0.1, -0.05) is 33.1 Å². The molecule has 1 aromatic heterocycles. The first-order chi connectivity index (χ1) is 7.27. The van der Waals surface area contributed by atoms with Crippen LogP contribution in [0.2, 0.25) is 0 Å². The van der Waals surface area contributed by atoms with Gasteiger partial charge < -0.3 is 0 Å². The van der Waals surface area contributed by atoms with Gasteiger partial charge in [-0.15, -0.1) is 0 Å². The Morgan fingerprint density at radius 2 is 1.93 bits per heavy atom. The number of aromatic nitrogens is 2. The van der Waals surface area contributed by atoms with Crippen LogP contribution in [0.3, 0.4) is 0 Å². The average Bonchev–Trinajstić information content (AvgIpc) is 2.55. The molecular formula is C13H25N2+. The monoisotopic (exact) mass is 209 g/mol. The SMILES string of the molecule is CCCCCCc1c[n+](CCC)cn1C. The highest BCUT2D eigenvalue weighted by Gasteiger charge is 2.08. The van der Waals surface area contributed by atoms with Crippen molar-refractivity contribution in [2.24, 2.45) is 7.05 Å². The van der Waals surface area contributed by atoms with Crippen LogP contribution >= 0.6 is 0 Å². The molecule has 0 aliphatic heterocycles. The molecule has 1 heterocycles. The van der Waals surface area contributed by atoms with E-state index in [-0.39, 0.29) is 0 Å². The topological polar surface area (TPSA) is 8.81 Å². The second-order valence-electron chi connectivity index (χ2n) is 4.40. The fourth-order valence-corrected chi connectivity index (χ4v) is 1.97. The van der Waals surface area contributed by atoms with Gasteiger partial charge in [-0.3, -0.25) is 0 Å². The predicted octanol–water partition coefficient (Wildman–Crippen LogP) is 2.85. The zero-order valence-corrected chi connectivity index (χ0v) is 10.5. The maximum Gasteiger partial charge on any atom is 0.243 e. The van der Waals surface area contributed by atoms with E-state index in [2.05, 4.69) is 42.6 Å².